The fourth-order valence-electron chi connectivity index (χ4n) is 4.37. The molecule has 1 saturated heterocycles. The zero-order valence-corrected chi connectivity index (χ0v) is 23.0. The van der Waals surface area contributed by atoms with Crippen molar-refractivity contribution < 1.29 is 9.59 Å². The van der Waals surface area contributed by atoms with Crippen LogP contribution in [0.2, 0.25) is 10.3 Å². The highest BCUT2D eigenvalue weighted by molar-refractivity contribution is 7.07. The third kappa shape index (κ3) is 7.79. The van der Waals surface area contributed by atoms with Crippen LogP contribution >= 0.6 is 34.5 Å². The molecule has 192 valence electrons. The van der Waals surface area contributed by atoms with Gasteiger partial charge in [0.1, 0.15) is 10.3 Å². The van der Waals surface area contributed by atoms with Crippen LogP contribution in [0.25, 0.3) is 0 Å². The molecule has 3 amide bonds. The van der Waals surface area contributed by atoms with E-state index in [0.717, 1.165) is 37.9 Å². The molecule has 2 N–H and O–H groups in total. The van der Waals surface area contributed by atoms with Crippen molar-refractivity contribution in [1.82, 2.24) is 30.5 Å². The third-order valence-corrected chi connectivity index (χ3v) is 7.49. The van der Waals surface area contributed by atoms with Crippen molar-refractivity contribution in [3.05, 3.63) is 49.9 Å². The van der Waals surface area contributed by atoms with Gasteiger partial charge in [0, 0.05) is 52.4 Å². The molecule has 1 aliphatic rings. The van der Waals surface area contributed by atoms with Gasteiger partial charge in [-0.25, -0.2) is 14.8 Å². The predicted octanol–water partition coefficient (Wildman–Crippen LogP) is 4.42. The Morgan fingerprint density at radius 1 is 1.29 bits per heavy atom. The fourth-order valence-corrected chi connectivity index (χ4v) is 5.65. The van der Waals surface area contributed by atoms with Gasteiger partial charge in [-0.2, -0.15) is 11.3 Å². The molecule has 0 unspecified atom stereocenters. The average molecular weight is 542 g/mol. The van der Waals surface area contributed by atoms with E-state index in [1.165, 1.54) is 0 Å². The number of carbonyl (C=O) groups is 2. The highest BCUT2D eigenvalue weighted by Gasteiger charge is 2.30. The SMILES string of the molecule is Cc1cc(Cl)nc(Cl)c1C(=O)NCC[C@@H](C)N1CCC(N(Cc2ccsc2)C(=O)NN(C)C)CC1. The highest BCUT2D eigenvalue weighted by Crippen LogP contribution is 2.23. The van der Waals surface area contributed by atoms with Crippen molar-refractivity contribution in [3.8, 4) is 0 Å². The zero-order valence-electron chi connectivity index (χ0n) is 20.7. The van der Waals surface area contributed by atoms with E-state index in [-0.39, 0.29) is 28.3 Å². The molecular formula is C24H34Cl2N6O2S. The molecule has 0 bridgehead atoms. The minimum atomic E-state index is -0.237. The number of hydrazine groups is 1. The number of hydrogen-bond donors (Lipinski definition) is 2. The zero-order chi connectivity index (χ0) is 25.5. The van der Waals surface area contributed by atoms with Gasteiger partial charge in [0.2, 0.25) is 0 Å². The molecule has 0 aromatic carbocycles. The number of likely N-dealkylation sites (tertiary alicyclic amines) is 1. The summed E-state index contributed by atoms with van der Waals surface area (Å²) in [6.45, 7) is 6.92. The van der Waals surface area contributed by atoms with Gasteiger partial charge in [-0.1, -0.05) is 23.2 Å². The first kappa shape index (κ1) is 27.7. The molecule has 2 aromatic rings. The quantitative estimate of drug-likeness (QED) is 0.363. The monoisotopic (exact) mass is 540 g/mol. The minimum Gasteiger partial charge on any atom is -0.352 e. The Kier molecular flexibility index (Phi) is 10.2. The highest BCUT2D eigenvalue weighted by atomic mass is 35.5. The molecule has 1 atom stereocenters. The number of aromatic nitrogens is 1. The smallest absolute Gasteiger partial charge is 0.332 e. The summed E-state index contributed by atoms with van der Waals surface area (Å²) in [5, 5.41) is 9.17. The van der Waals surface area contributed by atoms with Crippen LogP contribution in [-0.2, 0) is 6.54 Å². The number of nitrogens with one attached hydrogen (secondary N) is 2. The van der Waals surface area contributed by atoms with Crippen LogP contribution < -0.4 is 10.7 Å². The maximum absolute atomic E-state index is 12.9. The lowest BCUT2D eigenvalue weighted by molar-refractivity contribution is 0.0860. The molecule has 0 saturated carbocycles. The maximum atomic E-state index is 12.9. The maximum Gasteiger partial charge on any atom is 0.332 e. The average Bonchev–Trinajstić information content (AvgIpc) is 3.29. The Labute approximate surface area is 221 Å². The van der Waals surface area contributed by atoms with Crippen molar-refractivity contribution in [2.24, 2.45) is 0 Å². The lowest BCUT2D eigenvalue weighted by Crippen LogP contribution is -2.53. The number of carbonyl (C=O) groups excluding carboxylic acids is 2. The van der Waals surface area contributed by atoms with Gasteiger partial charge < -0.3 is 15.1 Å². The largest absolute Gasteiger partial charge is 0.352 e. The van der Waals surface area contributed by atoms with Gasteiger partial charge in [-0.3, -0.25) is 10.2 Å². The van der Waals surface area contributed by atoms with Gasteiger partial charge in [-0.15, -0.1) is 0 Å². The molecule has 2 aromatic heterocycles. The first-order valence-electron chi connectivity index (χ1n) is 11.8. The van der Waals surface area contributed by atoms with Crippen LogP contribution in [-0.4, -0.2) is 77.5 Å². The Morgan fingerprint density at radius 3 is 2.60 bits per heavy atom. The molecule has 35 heavy (non-hydrogen) atoms. The van der Waals surface area contributed by atoms with Crippen LogP contribution in [0.1, 0.15) is 47.7 Å². The van der Waals surface area contributed by atoms with Crippen molar-refractivity contribution in [2.75, 3.05) is 33.7 Å². The molecule has 0 aliphatic carbocycles. The normalized spacial score (nSPS) is 15.7. The number of nitrogens with zero attached hydrogens (tertiary/aromatic N) is 4. The summed E-state index contributed by atoms with van der Waals surface area (Å²) in [6.07, 6.45) is 2.63. The summed E-state index contributed by atoms with van der Waals surface area (Å²) in [5.41, 5.74) is 5.12. The predicted molar refractivity (Wildman–Crippen MR) is 142 cm³/mol. The Morgan fingerprint density at radius 2 is 2.00 bits per heavy atom. The third-order valence-electron chi connectivity index (χ3n) is 6.29. The lowest BCUT2D eigenvalue weighted by atomic mass is 10.0. The van der Waals surface area contributed by atoms with Crippen LogP contribution in [0, 0.1) is 6.92 Å². The molecule has 1 fully saturated rings. The van der Waals surface area contributed by atoms with Crippen molar-refractivity contribution >= 4 is 46.5 Å². The second-order valence-corrected chi connectivity index (χ2v) is 10.7. The number of piperidine rings is 1. The van der Waals surface area contributed by atoms with E-state index in [1.807, 2.05) is 24.4 Å². The summed E-state index contributed by atoms with van der Waals surface area (Å²) in [5.74, 6) is -0.237. The van der Waals surface area contributed by atoms with E-state index < -0.39 is 0 Å². The Bertz CT molecular complexity index is 973. The van der Waals surface area contributed by atoms with E-state index in [9.17, 15) is 9.59 Å². The minimum absolute atomic E-state index is 0.0685. The Hall–Kier alpha value is -1.91. The molecule has 11 heteroatoms. The first-order valence-corrected chi connectivity index (χ1v) is 13.5. The molecule has 1 aliphatic heterocycles. The van der Waals surface area contributed by atoms with Crippen molar-refractivity contribution in [2.45, 2.75) is 51.7 Å². The number of urea groups is 1. The number of thiophene rings is 1. The topological polar surface area (TPSA) is 80.8 Å². The molecule has 0 radical (unpaired) electrons. The number of halogens is 2. The molecule has 0 spiro atoms. The van der Waals surface area contributed by atoms with Gasteiger partial charge in [0.25, 0.3) is 5.91 Å². The second-order valence-electron chi connectivity index (χ2n) is 9.16. The van der Waals surface area contributed by atoms with Crippen molar-refractivity contribution in [3.63, 3.8) is 0 Å². The van der Waals surface area contributed by atoms with Gasteiger partial charge in [0.15, 0.2) is 0 Å². The number of pyridine rings is 1. The van der Waals surface area contributed by atoms with E-state index in [0.29, 0.717) is 30.3 Å². The van der Waals surface area contributed by atoms with E-state index in [4.69, 9.17) is 23.2 Å². The molecule has 3 heterocycles. The van der Waals surface area contributed by atoms with Crippen LogP contribution in [0.3, 0.4) is 0 Å². The van der Waals surface area contributed by atoms with E-state index in [2.05, 4.69) is 39.0 Å². The van der Waals surface area contributed by atoms with Gasteiger partial charge in [0.05, 0.1) is 5.56 Å². The van der Waals surface area contributed by atoms with Crippen LogP contribution in [0.4, 0.5) is 4.79 Å². The molecular weight excluding hydrogens is 507 g/mol. The van der Waals surface area contributed by atoms with Gasteiger partial charge in [-0.05, 0) is 67.1 Å². The number of aryl methyl sites for hydroxylation is 1. The second kappa shape index (κ2) is 12.9. The van der Waals surface area contributed by atoms with E-state index >= 15 is 0 Å². The number of hydrogen-bond acceptors (Lipinski definition) is 6. The molecule has 3 rings (SSSR count). The number of rotatable bonds is 9. The summed E-state index contributed by atoms with van der Waals surface area (Å²) in [4.78, 5) is 33.8. The summed E-state index contributed by atoms with van der Waals surface area (Å²) >= 11 is 13.7. The summed E-state index contributed by atoms with van der Waals surface area (Å²) in [6, 6.07) is 4.12. The molecule has 8 nitrogen and oxygen atoms in total. The van der Waals surface area contributed by atoms with Crippen LogP contribution in [0.5, 0.6) is 0 Å². The van der Waals surface area contributed by atoms with Gasteiger partial charge >= 0.3 is 6.03 Å². The summed E-state index contributed by atoms with van der Waals surface area (Å²) < 4.78 is 0. The standard InChI is InChI=1S/C24H34Cl2N6O2S/c1-16-13-20(25)28-22(26)21(16)23(33)27-9-5-17(2)31-10-6-19(7-11-31)32(24(34)29-30(3)4)14-18-8-12-35-15-18/h8,12-13,15,17,19H,5-7,9-11,14H2,1-4H3,(H,27,33)(H,29,34)/t17-/m1/s1. The van der Waals surface area contributed by atoms with E-state index in [1.54, 1.807) is 29.3 Å². The Balaban J connectivity index is 1.49. The number of amides is 3. The lowest BCUT2D eigenvalue weighted by Gasteiger charge is -2.41. The summed E-state index contributed by atoms with van der Waals surface area (Å²) in [7, 11) is 3.64. The van der Waals surface area contributed by atoms with Crippen molar-refractivity contribution in [1.29, 1.82) is 0 Å². The van der Waals surface area contributed by atoms with Crippen LogP contribution in [0.15, 0.2) is 22.9 Å². The first-order chi connectivity index (χ1) is 16.7. The fraction of sp³-hybridized carbons (Fsp3) is 0.542.